The molecule has 1 aliphatic heterocycles. The predicted octanol–water partition coefficient (Wildman–Crippen LogP) is 1.98. The fourth-order valence-electron chi connectivity index (χ4n) is 1.82. The Morgan fingerprint density at radius 2 is 2.07 bits per heavy atom. The minimum absolute atomic E-state index is 0.189. The van der Waals surface area contributed by atoms with Crippen molar-refractivity contribution in [1.29, 1.82) is 0 Å². The predicted molar refractivity (Wildman–Crippen MR) is 60.7 cm³/mol. The molecule has 15 heavy (non-hydrogen) atoms. The first kappa shape index (κ1) is 12.2. The van der Waals surface area contributed by atoms with E-state index in [-0.39, 0.29) is 5.97 Å². The smallest absolute Gasteiger partial charge is 0.330 e. The van der Waals surface area contributed by atoms with Crippen LogP contribution in [0.25, 0.3) is 0 Å². The first-order chi connectivity index (χ1) is 7.13. The molecule has 0 atom stereocenters. The molecule has 0 amide bonds. The maximum Gasteiger partial charge on any atom is 0.330 e. The van der Waals surface area contributed by atoms with Gasteiger partial charge in [-0.25, -0.2) is 4.79 Å². The van der Waals surface area contributed by atoms with E-state index in [1.54, 1.807) is 6.08 Å². The molecule has 0 radical (unpaired) electrons. The summed E-state index contributed by atoms with van der Waals surface area (Å²) >= 11 is 0. The third-order valence-electron chi connectivity index (χ3n) is 2.78. The Bertz CT molecular complexity index is 236. The zero-order valence-corrected chi connectivity index (χ0v) is 9.95. The van der Waals surface area contributed by atoms with Crippen LogP contribution in [0.15, 0.2) is 11.6 Å². The van der Waals surface area contributed by atoms with Gasteiger partial charge in [-0.1, -0.05) is 5.57 Å². The zero-order chi connectivity index (χ0) is 11.3. The Balaban J connectivity index is 2.39. The first-order valence-electron chi connectivity index (χ1n) is 5.73. The average molecular weight is 211 g/mol. The van der Waals surface area contributed by atoms with Gasteiger partial charge in [0.05, 0.1) is 6.61 Å². The molecule has 3 nitrogen and oxygen atoms in total. The fraction of sp³-hybridized carbons (Fsp3) is 0.750. The van der Waals surface area contributed by atoms with Crippen molar-refractivity contribution in [3.8, 4) is 0 Å². The molecule has 0 N–H and O–H groups in total. The first-order valence-corrected chi connectivity index (χ1v) is 5.73. The van der Waals surface area contributed by atoms with Crippen LogP contribution in [0.4, 0.5) is 0 Å². The number of esters is 1. The van der Waals surface area contributed by atoms with Crippen molar-refractivity contribution in [2.24, 2.45) is 0 Å². The summed E-state index contributed by atoms with van der Waals surface area (Å²) in [6, 6.07) is 0.606. The van der Waals surface area contributed by atoms with E-state index in [0.29, 0.717) is 12.6 Å². The lowest BCUT2D eigenvalue weighted by molar-refractivity contribution is -0.137. The van der Waals surface area contributed by atoms with Crippen LogP contribution < -0.4 is 0 Å². The zero-order valence-electron chi connectivity index (χ0n) is 9.95. The summed E-state index contributed by atoms with van der Waals surface area (Å²) in [7, 11) is 0. The number of likely N-dealkylation sites (tertiary alicyclic amines) is 1. The highest BCUT2D eigenvalue weighted by atomic mass is 16.5. The van der Waals surface area contributed by atoms with Gasteiger partial charge in [-0.05, 0) is 33.6 Å². The summed E-state index contributed by atoms with van der Waals surface area (Å²) in [5.74, 6) is -0.189. The minimum atomic E-state index is -0.189. The molecule has 1 rings (SSSR count). The number of piperidine rings is 1. The average Bonchev–Trinajstić information content (AvgIpc) is 2.18. The molecule has 0 saturated carbocycles. The van der Waals surface area contributed by atoms with Crippen LogP contribution in [-0.2, 0) is 9.53 Å². The van der Waals surface area contributed by atoms with E-state index in [4.69, 9.17) is 4.74 Å². The Kier molecular flexibility index (Phi) is 4.82. The van der Waals surface area contributed by atoms with Crippen molar-refractivity contribution in [2.75, 3.05) is 19.7 Å². The summed E-state index contributed by atoms with van der Waals surface area (Å²) in [6.07, 6.45) is 3.66. The third kappa shape index (κ3) is 4.04. The quantitative estimate of drug-likeness (QED) is 0.528. The van der Waals surface area contributed by atoms with Gasteiger partial charge in [0.1, 0.15) is 0 Å². The van der Waals surface area contributed by atoms with Gasteiger partial charge >= 0.3 is 5.97 Å². The number of hydrogen-bond acceptors (Lipinski definition) is 3. The second-order valence-corrected chi connectivity index (χ2v) is 4.18. The second kappa shape index (κ2) is 5.91. The maximum atomic E-state index is 11.2. The van der Waals surface area contributed by atoms with E-state index in [2.05, 4.69) is 18.7 Å². The molecule has 0 bridgehead atoms. The van der Waals surface area contributed by atoms with Crippen LogP contribution in [0.5, 0.6) is 0 Å². The van der Waals surface area contributed by atoms with E-state index in [1.165, 1.54) is 5.57 Å². The molecule has 1 saturated heterocycles. The van der Waals surface area contributed by atoms with Crippen LogP contribution in [0, 0.1) is 0 Å². The fourth-order valence-corrected chi connectivity index (χ4v) is 1.82. The van der Waals surface area contributed by atoms with E-state index >= 15 is 0 Å². The Morgan fingerprint density at radius 1 is 1.47 bits per heavy atom. The highest BCUT2D eigenvalue weighted by Crippen LogP contribution is 2.17. The molecule has 0 aromatic rings. The maximum absolute atomic E-state index is 11.2. The van der Waals surface area contributed by atoms with Gasteiger partial charge in [0.15, 0.2) is 0 Å². The molecule has 1 aliphatic rings. The highest BCUT2D eigenvalue weighted by molar-refractivity contribution is 5.82. The molecule has 0 aromatic carbocycles. The van der Waals surface area contributed by atoms with Crippen LogP contribution in [-0.4, -0.2) is 36.6 Å². The summed E-state index contributed by atoms with van der Waals surface area (Å²) in [4.78, 5) is 13.6. The monoisotopic (exact) mass is 211 g/mol. The Hall–Kier alpha value is -0.830. The largest absolute Gasteiger partial charge is 0.463 e. The Labute approximate surface area is 92.1 Å². The molecular weight excluding hydrogens is 190 g/mol. The van der Waals surface area contributed by atoms with Crippen molar-refractivity contribution in [2.45, 2.75) is 39.7 Å². The lowest BCUT2D eigenvalue weighted by Gasteiger charge is -2.31. The number of ether oxygens (including phenoxy) is 1. The van der Waals surface area contributed by atoms with Crippen LogP contribution in [0.1, 0.15) is 33.6 Å². The normalized spacial score (nSPS) is 18.0. The summed E-state index contributed by atoms with van der Waals surface area (Å²) in [5, 5.41) is 0. The molecule has 0 aromatic heterocycles. The number of carbonyl (C=O) groups excluding carboxylic acids is 1. The number of carbonyl (C=O) groups is 1. The van der Waals surface area contributed by atoms with Crippen molar-refractivity contribution >= 4 is 5.97 Å². The van der Waals surface area contributed by atoms with Crippen molar-refractivity contribution < 1.29 is 9.53 Å². The van der Waals surface area contributed by atoms with Gasteiger partial charge < -0.3 is 9.64 Å². The number of nitrogens with zero attached hydrogens (tertiary/aromatic N) is 1. The number of hydrogen-bond donors (Lipinski definition) is 0. The van der Waals surface area contributed by atoms with Crippen LogP contribution in [0.2, 0.25) is 0 Å². The molecule has 3 heteroatoms. The highest BCUT2D eigenvalue weighted by Gasteiger charge is 2.16. The molecule has 86 valence electrons. The minimum Gasteiger partial charge on any atom is -0.463 e. The van der Waals surface area contributed by atoms with Gasteiger partial charge in [-0.15, -0.1) is 0 Å². The summed E-state index contributed by atoms with van der Waals surface area (Å²) in [5.41, 5.74) is 1.23. The van der Waals surface area contributed by atoms with Gasteiger partial charge in [0.2, 0.25) is 0 Å². The van der Waals surface area contributed by atoms with Crippen molar-refractivity contribution in [3.05, 3.63) is 11.6 Å². The SMILES string of the molecule is CCOC(=O)C=C1CCN(C(C)C)CC1. The standard InChI is InChI=1S/C12H21NO2/c1-4-15-12(14)9-11-5-7-13(8-6-11)10(2)3/h9-10H,4-8H2,1-3H3. The lowest BCUT2D eigenvalue weighted by Crippen LogP contribution is -2.36. The molecular formula is C12H21NO2. The van der Waals surface area contributed by atoms with Crippen molar-refractivity contribution in [1.82, 2.24) is 4.90 Å². The molecule has 0 aliphatic carbocycles. The summed E-state index contributed by atoms with van der Waals surface area (Å²) in [6.45, 7) is 8.82. The lowest BCUT2D eigenvalue weighted by atomic mass is 10.0. The van der Waals surface area contributed by atoms with Gasteiger partial charge in [0, 0.05) is 25.2 Å². The van der Waals surface area contributed by atoms with E-state index in [9.17, 15) is 4.79 Å². The third-order valence-corrected chi connectivity index (χ3v) is 2.78. The van der Waals surface area contributed by atoms with Gasteiger partial charge in [0.25, 0.3) is 0 Å². The molecule has 0 unspecified atom stereocenters. The van der Waals surface area contributed by atoms with Crippen molar-refractivity contribution in [3.63, 3.8) is 0 Å². The molecule has 1 heterocycles. The van der Waals surface area contributed by atoms with Gasteiger partial charge in [-0.3, -0.25) is 0 Å². The van der Waals surface area contributed by atoms with Crippen LogP contribution >= 0.6 is 0 Å². The van der Waals surface area contributed by atoms with E-state index < -0.39 is 0 Å². The van der Waals surface area contributed by atoms with E-state index in [0.717, 1.165) is 25.9 Å². The van der Waals surface area contributed by atoms with Gasteiger partial charge in [-0.2, -0.15) is 0 Å². The van der Waals surface area contributed by atoms with Crippen LogP contribution in [0.3, 0.4) is 0 Å². The summed E-state index contributed by atoms with van der Waals surface area (Å²) < 4.78 is 4.89. The number of rotatable bonds is 3. The Morgan fingerprint density at radius 3 is 2.53 bits per heavy atom. The van der Waals surface area contributed by atoms with E-state index in [1.807, 2.05) is 6.92 Å². The molecule has 1 fully saturated rings. The topological polar surface area (TPSA) is 29.5 Å². The molecule has 0 spiro atoms. The second-order valence-electron chi connectivity index (χ2n) is 4.18.